The molecule has 1 aromatic heterocycles. The van der Waals surface area contributed by atoms with Gasteiger partial charge in [-0.2, -0.15) is 0 Å². The smallest absolute Gasteiger partial charge is 0.247 e. The van der Waals surface area contributed by atoms with E-state index < -0.39 is 6.04 Å². The molecule has 0 bridgehead atoms. The van der Waals surface area contributed by atoms with Gasteiger partial charge in [-0.3, -0.25) is 14.6 Å². The van der Waals surface area contributed by atoms with Crippen LogP contribution in [0.1, 0.15) is 36.6 Å². The topological polar surface area (TPSA) is 62.3 Å². The van der Waals surface area contributed by atoms with Crippen molar-refractivity contribution in [3.05, 3.63) is 102 Å². The number of amides is 2. The Morgan fingerprint density at radius 3 is 2.13 bits per heavy atom. The van der Waals surface area contributed by atoms with E-state index >= 15 is 0 Å². The molecule has 1 N–H and O–H groups in total. The van der Waals surface area contributed by atoms with Gasteiger partial charge in [-0.05, 0) is 22.8 Å². The van der Waals surface area contributed by atoms with E-state index in [4.69, 9.17) is 0 Å². The number of rotatable bonds is 8. The lowest BCUT2D eigenvalue weighted by Crippen LogP contribution is -2.44. The first kappa shape index (κ1) is 21.2. The van der Waals surface area contributed by atoms with Crippen LogP contribution in [-0.2, 0) is 22.7 Å². The second-order valence-corrected chi connectivity index (χ2v) is 7.50. The lowest BCUT2D eigenvalue weighted by molar-refractivity contribution is -0.144. The van der Waals surface area contributed by atoms with Crippen molar-refractivity contribution in [3.63, 3.8) is 0 Å². The molecule has 5 nitrogen and oxygen atoms in total. The van der Waals surface area contributed by atoms with Crippen molar-refractivity contribution in [3.8, 4) is 0 Å². The number of hydrogen-bond donors (Lipinski definition) is 1. The molecule has 154 valence electrons. The zero-order valence-corrected chi connectivity index (χ0v) is 17.4. The molecule has 5 heteroatoms. The lowest BCUT2D eigenvalue weighted by Gasteiger charge is -2.33. The summed E-state index contributed by atoms with van der Waals surface area (Å²) < 4.78 is 0. The summed E-state index contributed by atoms with van der Waals surface area (Å²) >= 11 is 0. The van der Waals surface area contributed by atoms with Crippen molar-refractivity contribution in [1.82, 2.24) is 15.2 Å². The second-order valence-electron chi connectivity index (χ2n) is 7.50. The van der Waals surface area contributed by atoms with Crippen LogP contribution in [0.25, 0.3) is 0 Å². The van der Waals surface area contributed by atoms with Crippen LogP contribution in [0.4, 0.5) is 0 Å². The molecule has 30 heavy (non-hydrogen) atoms. The monoisotopic (exact) mass is 401 g/mol. The number of carbonyl (C=O) groups is 2. The number of benzene rings is 2. The van der Waals surface area contributed by atoms with Crippen molar-refractivity contribution in [2.45, 2.75) is 33.0 Å². The quantitative estimate of drug-likeness (QED) is 0.617. The Bertz CT molecular complexity index is 944. The molecule has 2 aromatic carbocycles. The molecule has 0 saturated carbocycles. The standard InChI is InChI=1S/C25H27N3O2/c1-19(2)25(30)28(18-20-10-5-3-6-11-20)23(22-13-7-4-8-14-22)24(29)27-17-21-12-9-15-26-16-21/h3-16,19,23H,17-18H2,1-2H3,(H,27,29)/t23-/m0/s1. The molecule has 3 rings (SSSR count). The summed E-state index contributed by atoms with van der Waals surface area (Å²) in [5.41, 5.74) is 2.67. The van der Waals surface area contributed by atoms with Gasteiger partial charge in [0, 0.05) is 31.4 Å². The van der Waals surface area contributed by atoms with Crippen LogP contribution in [0.2, 0.25) is 0 Å². The molecule has 0 radical (unpaired) electrons. The van der Waals surface area contributed by atoms with Crippen LogP contribution in [-0.4, -0.2) is 21.7 Å². The van der Waals surface area contributed by atoms with Gasteiger partial charge < -0.3 is 10.2 Å². The fraction of sp³-hybridized carbons (Fsp3) is 0.240. The highest BCUT2D eigenvalue weighted by atomic mass is 16.2. The number of nitrogens with one attached hydrogen (secondary N) is 1. The summed E-state index contributed by atoms with van der Waals surface area (Å²) in [7, 11) is 0. The van der Waals surface area contributed by atoms with E-state index in [9.17, 15) is 9.59 Å². The highest BCUT2D eigenvalue weighted by Gasteiger charge is 2.32. The maximum Gasteiger partial charge on any atom is 0.247 e. The minimum Gasteiger partial charge on any atom is -0.350 e. The van der Waals surface area contributed by atoms with Crippen LogP contribution in [0, 0.1) is 5.92 Å². The Morgan fingerprint density at radius 1 is 0.900 bits per heavy atom. The summed E-state index contributed by atoms with van der Waals surface area (Å²) in [4.78, 5) is 32.3. The molecular weight excluding hydrogens is 374 g/mol. The summed E-state index contributed by atoms with van der Waals surface area (Å²) in [6, 6.07) is 22.2. The second kappa shape index (κ2) is 10.3. The van der Waals surface area contributed by atoms with E-state index in [1.54, 1.807) is 17.3 Å². The molecular formula is C25H27N3O2. The number of nitrogens with zero attached hydrogens (tertiary/aromatic N) is 2. The zero-order chi connectivity index (χ0) is 21.3. The van der Waals surface area contributed by atoms with Gasteiger partial charge in [0.05, 0.1) is 0 Å². The Balaban J connectivity index is 1.92. The van der Waals surface area contributed by atoms with E-state index in [1.807, 2.05) is 86.6 Å². The normalized spacial score (nSPS) is 11.7. The Morgan fingerprint density at radius 2 is 1.53 bits per heavy atom. The molecule has 0 aliphatic rings. The van der Waals surface area contributed by atoms with Gasteiger partial charge in [-0.15, -0.1) is 0 Å². The van der Waals surface area contributed by atoms with Gasteiger partial charge in [0.1, 0.15) is 6.04 Å². The molecule has 1 heterocycles. The number of aromatic nitrogens is 1. The molecule has 3 aromatic rings. The SMILES string of the molecule is CC(C)C(=O)N(Cc1ccccc1)[C@H](C(=O)NCc1cccnc1)c1ccccc1. The van der Waals surface area contributed by atoms with Gasteiger partial charge in [-0.25, -0.2) is 0 Å². The Kier molecular flexibility index (Phi) is 7.33. The third-order valence-corrected chi connectivity index (χ3v) is 4.84. The van der Waals surface area contributed by atoms with Gasteiger partial charge in [-0.1, -0.05) is 80.6 Å². The van der Waals surface area contributed by atoms with E-state index in [2.05, 4.69) is 10.3 Å². The molecule has 2 amide bonds. The third-order valence-electron chi connectivity index (χ3n) is 4.84. The Hall–Kier alpha value is -3.47. The van der Waals surface area contributed by atoms with Crippen molar-refractivity contribution in [1.29, 1.82) is 0 Å². The molecule has 0 aliphatic heterocycles. The average Bonchev–Trinajstić information content (AvgIpc) is 2.79. The van der Waals surface area contributed by atoms with Gasteiger partial charge in [0.25, 0.3) is 0 Å². The fourth-order valence-electron chi connectivity index (χ4n) is 3.30. The zero-order valence-electron chi connectivity index (χ0n) is 17.4. The minimum atomic E-state index is -0.724. The van der Waals surface area contributed by atoms with E-state index in [-0.39, 0.29) is 17.7 Å². The number of pyridine rings is 1. The molecule has 0 aliphatic carbocycles. The lowest BCUT2D eigenvalue weighted by atomic mass is 10.0. The summed E-state index contributed by atoms with van der Waals surface area (Å²) in [6.07, 6.45) is 3.42. The molecule has 0 saturated heterocycles. The van der Waals surface area contributed by atoms with Crippen molar-refractivity contribution in [2.24, 2.45) is 5.92 Å². The predicted octanol–water partition coefficient (Wildman–Crippen LogP) is 4.12. The van der Waals surface area contributed by atoms with Crippen molar-refractivity contribution in [2.75, 3.05) is 0 Å². The highest BCUT2D eigenvalue weighted by molar-refractivity contribution is 5.89. The van der Waals surface area contributed by atoms with Gasteiger partial charge >= 0.3 is 0 Å². The largest absolute Gasteiger partial charge is 0.350 e. The fourth-order valence-corrected chi connectivity index (χ4v) is 3.30. The predicted molar refractivity (Wildman–Crippen MR) is 117 cm³/mol. The van der Waals surface area contributed by atoms with Crippen molar-refractivity contribution < 1.29 is 9.59 Å². The third kappa shape index (κ3) is 5.54. The van der Waals surface area contributed by atoms with E-state index in [0.29, 0.717) is 13.1 Å². The average molecular weight is 402 g/mol. The maximum absolute atomic E-state index is 13.4. The summed E-state index contributed by atoms with van der Waals surface area (Å²) in [6.45, 7) is 4.43. The first-order valence-corrected chi connectivity index (χ1v) is 10.1. The van der Waals surface area contributed by atoms with Crippen LogP contribution in [0.15, 0.2) is 85.2 Å². The number of hydrogen-bond acceptors (Lipinski definition) is 3. The minimum absolute atomic E-state index is 0.0655. The highest BCUT2D eigenvalue weighted by Crippen LogP contribution is 2.25. The summed E-state index contributed by atoms with van der Waals surface area (Å²) in [5.74, 6) is -0.509. The van der Waals surface area contributed by atoms with Gasteiger partial charge in [0.15, 0.2) is 0 Å². The molecule has 0 fully saturated rings. The molecule has 1 atom stereocenters. The van der Waals surface area contributed by atoms with Gasteiger partial charge in [0.2, 0.25) is 11.8 Å². The number of carbonyl (C=O) groups excluding carboxylic acids is 2. The molecule has 0 spiro atoms. The van der Waals surface area contributed by atoms with Crippen molar-refractivity contribution >= 4 is 11.8 Å². The summed E-state index contributed by atoms with van der Waals surface area (Å²) in [5, 5.41) is 2.98. The van der Waals surface area contributed by atoms with E-state index in [1.165, 1.54) is 0 Å². The van der Waals surface area contributed by atoms with E-state index in [0.717, 1.165) is 16.7 Å². The first-order valence-electron chi connectivity index (χ1n) is 10.1. The van der Waals surface area contributed by atoms with Crippen LogP contribution in [0.3, 0.4) is 0 Å². The Labute approximate surface area is 177 Å². The first-order chi connectivity index (χ1) is 14.6. The maximum atomic E-state index is 13.4. The van der Waals surface area contributed by atoms with Crippen LogP contribution < -0.4 is 5.32 Å². The van der Waals surface area contributed by atoms with Crippen LogP contribution in [0.5, 0.6) is 0 Å². The molecule has 0 unspecified atom stereocenters. The van der Waals surface area contributed by atoms with Crippen LogP contribution >= 0.6 is 0 Å².